The second-order valence-corrected chi connectivity index (χ2v) is 6.19. The number of rotatable bonds is 5. The van der Waals surface area contributed by atoms with Gasteiger partial charge in [-0.15, -0.1) is 0 Å². The van der Waals surface area contributed by atoms with Gasteiger partial charge in [0.1, 0.15) is 11.5 Å². The minimum Gasteiger partial charge on any atom is -0.461 e. The molecule has 5 heteroatoms. The third kappa shape index (κ3) is 3.85. The predicted molar refractivity (Wildman–Crippen MR) is 91.0 cm³/mol. The van der Waals surface area contributed by atoms with Crippen molar-refractivity contribution in [3.05, 3.63) is 48.2 Å². The highest BCUT2D eigenvalue weighted by atomic mass is 16.3. The number of carbonyl (C=O) groups excluding carboxylic acids is 2. The highest BCUT2D eigenvalue weighted by molar-refractivity contribution is 5.79. The van der Waals surface area contributed by atoms with Crippen molar-refractivity contribution in [2.24, 2.45) is 11.7 Å². The summed E-state index contributed by atoms with van der Waals surface area (Å²) in [6.07, 6.45) is 2.34. The van der Waals surface area contributed by atoms with Gasteiger partial charge in [0.2, 0.25) is 11.8 Å². The molecule has 2 N–H and O–H groups in total. The molecule has 3 rings (SSSR count). The molecule has 1 saturated heterocycles. The van der Waals surface area contributed by atoms with Gasteiger partial charge in [-0.1, -0.05) is 30.3 Å². The van der Waals surface area contributed by atoms with Gasteiger partial charge in [-0.3, -0.25) is 9.59 Å². The van der Waals surface area contributed by atoms with E-state index in [0.717, 1.165) is 17.1 Å². The van der Waals surface area contributed by atoms with Crippen molar-refractivity contribution in [1.82, 2.24) is 4.90 Å². The van der Waals surface area contributed by atoms with Crippen molar-refractivity contribution in [2.75, 3.05) is 13.1 Å². The zero-order valence-corrected chi connectivity index (χ0v) is 13.6. The Labute approximate surface area is 141 Å². The van der Waals surface area contributed by atoms with Gasteiger partial charge in [0.15, 0.2) is 0 Å². The van der Waals surface area contributed by atoms with Crippen LogP contribution in [-0.2, 0) is 16.0 Å². The molecule has 24 heavy (non-hydrogen) atoms. The molecule has 0 atom stereocenters. The number of amides is 2. The quantitative estimate of drug-likeness (QED) is 0.917. The highest BCUT2D eigenvalue weighted by Gasteiger charge is 2.25. The van der Waals surface area contributed by atoms with E-state index >= 15 is 0 Å². The monoisotopic (exact) mass is 326 g/mol. The Balaban J connectivity index is 1.50. The molecule has 126 valence electrons. The maximum absolute atomic E-state index is 12.3. The molecule has 2 aromatic rings. The standard InChI is InChI=1S/C19H22N2O3/c20-19(23)15-10-12-21(13-11-15)18(22)9-7-16-6-8-17(24-16)14-4-2-1-3-5-14/h1-6,8,15H,7,9-13H2,(H2,20,23). The van der Waals surface area contributed by atoms with Crippen LogP contribution >= 0.6 is 0 Å². The van der Waals surface area contributed by atoms with Gasteiger partial charge in [-0.2, -0.15) is 0 Å². The number of carbonyl (C=O) groups is 2. The molecule has 0 spiro atoms. The van der Waals surface area contributed by atoms with E-state index < -0.39 is 0 Å². The second kappa shape index (κ2) is 7.34. The molecule has 1 aliphatic heterocycles. The van der Waals surface area contributed by atoms with Gasteiger partial charge < -0.3 is 15.1 Å². The van der Waals surface area contributed by atoms with Crippen molar-refractivity contribution in [3.63, 3.8) is 0 Å². The van der Waals surface area contributed by atoms with Crippen LogP contribution in [0, 0.1) is 5.92 Å². The molecule has 0 saturated carbocycles. The third-order valence-electron chi connectivity index (χ3n) is 4.56. The Morgan fingerprint density at radius 2 is 1.79 bits per heavy atom. The number of hydrogen-bond acceptors (Lipinski definition) is 3. The fourth-order valence-corrected chi connectivity index (χ4v) is 3.07. The molecular formula is C19H22N2O3. The van der Waals surface area contributed by atoms with Crippen LogP contribution in [-0.4, -0.2) is 29.8 Å². The maximum Gasteiger partial charge on any atom is 0.223 e. The van der Waals surface area contributed by atoms with E-state index in [4.69, 9.17) is 10.2 Å². The van der Waals surface area contributed by atoms with Gasteiger partial charge >= 0.3 is 0 Å². The summed E-state index contributed by atoms with van der Waals surface area (Å²) < 4.78 is 5.82. The maximum atomic E-state index is 12.3. The lowest BCUT2D eigenvalue weighted by molar-refractivity contribution is -0.134. The molecule has 0 bridgehead atoms. The van der Waals surface area contributed by atoms with Crippen molar-refractivity contribution < 1.29 is 14.0 Å². The van der Waals surface area contributed by atoms with Gasteiger partial charge in [0.05, 0.1) is 0 Å². The Kier molecular flexibility index (Phi) is 4.99. The number of aryl methyl sites for hydroxylation is 1. The molecule has 0 unspecified atom stereocenters. The lowest BCUT2D eigenvalue weighted by Crippen LogP contribution is -2.41. The predicted octanol–water partition coefficient (Wildman–Crippen LogP) is 2.60. The molecule has 1 fully saturated rings. The van der Waals surface area contributed by atoms with E-state index in [1.54, 1.807) is 0 Å². The van der Waals surface area contributed by atoms with Gasteiger partial charge in [0.25, 0.3) is 0 Å². The number of nitrogens with zero attached hydrogens (tertiary/aromatic N) is 1. The number of nitrogens with two attached hydrogens (primary N) is 1. The van der Waals surface area contributed by atoms with Crippen molar-refractivity contribution >= 4 is 11.8 Å². The molecule has 2 heterocycles. The Morgan fingerprint density at radius 1 is 1.08 bits per heavy atom. The summed E-state index contributed by atoms with van der Waals surface area (Å²) in [4.78, 5) is 25.3. The molecule has 1 aliphatic rings. The van der Waals surface area contributed by atoms with Crippen LogP contribution < -0.4 is 5.73 Å². The lowest BCUT2D eigenvalue weighted by Gasteiger charge is -2.30. The average Bonchev–Trinajstić information content (AvgIpc) is 3.09. The summed E-state index contributed by atoms with van der Waals surface area (Å²) in [7, 11) is 0. The molecule has 1 aromatic heterocycles. The van der Waals surface area contributed by atoms with E-state index in [1.165, 1.54) is 0 Å². The normalized spacial score (nSPS) is 15.4. The molecule has 2 amide bonds. The number of benzene rings is 1. The topological polar surface area (TPSA) is 76.5 Å². The fraction of sp³-hybridized carbons (Fsp3) is 0.368. The minimum atomic E-state index is -0.258. The van der Waals surface area contributed by atoms with E-state index in [9.17, 15) is 9.59 Å². The Bertz CT molecular complexity index is 700. The van der Waals surface area contributed by atoms with Crippen LogP contribution in [0.25, 0.3) is 11.3 Å². The van der Waals surface area contributed by atoms with Gasteiger partial charge in [-0.05, 0) is 25.0 Å². The van der Waals surface area contributed by atoms with Crippen molar-refractivity contribution in [2.45, 2.75) is 25.7 Å². The summed E-state index contributed by atoms with van der Waals surface area (Å²) >= 11 is 0. The number of likely N-dealkylation sites (tertiary alicyclic amines) is 1. The SMILES string of the molecule is NC(=O)C1CCN(C(=O)CCc2ccc(-c3ccccc3)o2)CC1. The van der Waals surface area contributed by atoms with Crippen molar-refractivity contribution in [3.8, 4) is 11.3 Å². The second-order valence-electron chi connectivity index (χ2n) is 6.19. The number of furan rings is 1. The zero-order chi connectivity index (χ0) is 16.9. The Hall–Kier alpha value is -2.56. The van der Waals surface area contributed by atoms with Gasteiger partial charge in [0, 0.05) is 37.4 Å². The first kappa shape index (κ1) is 16.3. The van der Waals surface area contributed by atoms with Crippen molar-refractivity contribution in [1.29, 1.82) is 0 Å². The first-order valence-corrected chi connectivity index (χ1v) is 8.34. The lowest BCUT2D eigenvalue weighted by atomic mass is 9.96. The third-order valence-corrected chi connectivity index (χ3v) is 4.56. The smallest absolute Gasteiger partial charge is 0.223 e. The minimum absolute atomic E-state index is 0.0902. The van der Waals surface area contributed by atoms with Crippen LogP contribution in [0.1, 0.15) is 25.0 Å². The van der Waals surface area contributed by atoms with E-state index in [2.05, 4.69) is 0 Å². The number of primary amides is 1. The van der Waals surface area contributed by atoms with Crippen LogP contribution in [0.3, 0.4) is 0 Å². The van der Waals surface area contributed by atoms with Gasteiger partial charge in [-0.25, -0.2) is 0 Å². The molecular weight excluding hydrogens is 304 g/mol. The van der Waals surface area contributed by atoms with Crippen LogP contribution in [0.5, 0.6) is 0 Å². The van der Waals surface area contributed by atoms with E-state index in [0.29, 0.717) is 38.8 Å². The van der Waals surface area contributed by atoms with Crippen LogP contribution in [0.2, 0.25) is 0 Å². The van der Waals surface area contributed by atoms with Crippen LogP contribution in [0.15, 0.2) is 46.9 Å². The van der Waals surface area contributed by atoms with E-state index in [-0.39, 0.29) is 17.7 Å². The fourth-order valence-electron chi connectivity index (χ4n) is 3.07. The molecule has 0 radical (unpaired) electrons. The summed E-state index contributed by atoms with van der Waals surface area (Å²) in [6.45, 7) is 1.22. The summed E-state index contributed by atoms with van der Waals surface area (Å²) in [5.41, 5.74) is 6.35. The summed E-state index contributed by atoms with van der Waals surface area (Å²) in [5, 5.41) is 0. The highest BCUT2D eigenvalue weighted by Crippen LogP contribution is 2.23. The first-order valence-electron chi connectivity index (χ1n) is 8.34. The number of hydrogen-bond donors (Lipinski definition) is 1. The van der Waals surface area contributed by atoms with Crippen LogP contribution in [0.4, 0.5) is 0 Å². The zero-order valence-electron chi connectivity index (χ0n) is 13.6. The largest absolute Gasteiger partial charge is 0.461 e. The summed E-state index contributed by atoms with van der Waals surface area (Å²) in [6, 6.07) is 13.8. The molecule has 0 aliphatic carbocycles. The van der Waals surface area contributed by atoms with E-state index in [1.807, 2.05) is 47.4 Å². The average molecular weight is 326 g/mol. The Morgan fingerprint density at radius 3 is 2.46 bits per heavy atom. The summed E-state index contributed by atoms with van der Waals surface area (Å²) in [5.74, 6) is 1.39. The molecule has 5 nitrogen and oxygen atoms in total. The number of piperidine rings is 1. The first-order chi connectivity index (χ1) is 11.6. The molecule has 1 aromatic carbocycles.